The number of hydrogen-bond acceptors (Lipinski definition) is 2. The summed E-state index contributed by atoms with van der Waals surface area (Å²) in [5, 5.41) is 0. The molecule has 0 radical (unpaired) electrons. The van der Waals surface area contributed by atoms with Crippen LogP contribution in [0.5, 0.6) is 0 Å². The molecule has 0 bridgehead atoms. The van der Waals surface area contributed by atoms with Gasteiger partial charge in [0.2, 0.25) is 0 Å². The van der Waals surface area contributed by atoms with Crippen molar-refractivity contribution in [2.75, 3.05) is 20.3 Å². The SMILES string of the molecule is CCC.COCCC(C)(C)C1(C(C)(C)CCOC(C)(C)C)c2cc(C(C)(C)C)ccc2-c2ccc(C(C)(C)C)cc21. The summed E-state index contributed by atoms with van der Waals surface area (Å²) in [7, 11) is 1.83. The first kappa shape index (κ1) is 35.6. The van der Waals surface area contributed by atoms with E-state index in [1.165, 1.54) is 39.8 Å². The molecule has 2 nitrogen and oxygen atoms in total. The zero-order chi connectivity index (χ0) is 31.7. The van der Waals surface area contributed by atoms with Gasteiger partial charge in [0.1, 0.15) is 0 Å². The van der Waals surface area contributed by atoms with Crippen LogP contribution in [0.3, 0.4) is 0 Å². The Morgan fingerprint density at radius 1 is 0.585 bits per heavy atom. The lowest BCUT2D eigenvalue weighted by molar-refractivity contribution is -0.0382. The number of hydrogen-bond donors (Lipinski definition) is 0. The number of fused-ring (bicyclic) bond motifs is 3. The van der Waals surface area contributed by atoms with Crippen LogP contribution in [0.1, 0.15) is 145 Å². The van der Waals surface area contributed by atoms with Crippen LogP contribution in [0.4, 0.5) is 0 Å². The second-order valence-electron chi connectivity index (χ2n) is 16.7. The molecule has 41 heavy (non-hydrogen) atoms. The summed E-state index contributed by atoms with van der Waals surface area (Å²) in [6, 6.07) is 14.6. The fraction of sp³-hybridized carbons (Fsp3) is 0.692. The fourth-order valence-corrected chi connectivity index (χ4v) is 6.98. The first-order valence-corrected chi connectivity index (χ1v) is 16.0. The molecule has 0 aliphatic heterocycles. The molecule has 0 amide bonds. The number of rotatable bonds is 8. The van der Waals surface area contributed by atoms with Gasteiger partial charge in [-0.2, -0.15) is 0 Å². The number of ether oxygens (including phenoxy) is 2. The molecule has 2 heteroatoms. The van der Waals surface area contributed by atoms with E-state index in [2.05, 4.69) is 140 Å². The van der Waals surface area contributed by atoms with Crippen molar-refractivity contribution in [1.82, 2.24) is 0 Å². The number of methoxy groups -OCH3 is 1. The number of benzene rings is 2. The molecule has 0 N–H and O–H groups in total. The minimum absolute atomic E-state index is 0.0682. The predicted octanol–water partition coefficient (Wildman–Crippen LogP) is 11.3. The highest BCUT2D eigenvalue weighted by Crippen LogP contribution is 2.67. The molecule has 2 aromatic rings. The highest BCUT2D eigenvalue weighted by molar-refractivity contribution is 5.83. The van der Waals surface area contributed by atoms with Gasteiger partial charge in [-0.3, -0.25) is 0 Å². The minimum Gasteiger partial charge on any atom is -0.385 e. The summed E-state index contributed by atoms with van der Waals surface area (Å²) in [6.07, 6.45) is 3.20. The van der Waals surface area contributed by atoms with Crippen LogP contribution >= 0.6 is 0 Å². The molecule has 0 aromatic heterocycles. The van der Waals surface area contributed by atoms with Crippen LogP contribution in [-0.4, -0.2) is 25.9 Å². The predicted molar refractivity (Wildman–Crippen MR) is 180 cm³/mol. The molecule has 0 spiro atoms. The van der Waals surface area contributed by atoms with Gasteiger partial charge in [0, 0.05) is 25.7 Å². The second kappa shape index (κ2) is 12.5. The van der Waals surface area contributed by atoms with Gasteiger partial charge in [-0.25, -0.2) is 0 Å². The van der Waals surface area contributed by atoms with Crippen LogP contribution < -0.4 is 0 Å². The molecule has 1 aliphatic rings. The fourth-order valence-electron chi connectivity index (χ4n) is 6.98. The van der Waals surface area contributed by atoms with Crippen LogP contribution in [0.25, 0.3) is 11.1 Å². The summed E-state index contributed by atoms with van der Waals surface area (Å²) in [5.41, 5.74) is 8.16. The molecular formula is C39H64O2. The van der Waals surface area contributed by atoms with E-state index in [4.69, 9.17) is 9.47 Å². The zero-order valence-corrected chi connectivity index (χ0v) is 29.8. The summed E-state index contributed by atoms with van der Waals surface area (Å²) < 4.78 is 12.1. The Morgan fingerprint density at radius 3 is 1.27 bits per heavy atom. The van der Waals surface area contributed by atoms with E-state index in [1.807, 2.05) is 7.11 Å². The maximum absolute atomic E-state index is 6.37. The van der Waals surface area contributed by atoms with E-state index in [-0.39, 0.29) is 32.7 Å². The third kappa shape index (κ3) is 7.30. The van der Waals surface area contributed by atoms with Crippen LogP contribution in [0, 0.1) is 10.8 Å². The molecule has 0 saturated carbocycles. The highest BCUT2D eigenvalue weighted by atomic mass is 16.5. The molecule has 0 atom stereocenters. The minimum atomic E-state index is -0.215. The van der Waals surface area contributed by atoms with Gasteiger partial charge in [0.15, 0.2) is 0 Å². The van der Waals surface area contributed by atoms with E-state index in [0.717, 1.165) is 26.1 Å². The van der Waals surface area contributed by atoms with Crippen molar-refractivity contribution < 1.29 is 9.47 Å². The second-order valence-corrected chi connectivity index (χ2v) is 16.7. The molecule has 3 rings (SSSR count). The maximum Gasteiger partial charge on any atom is 0.0598 e. The Hall–Kier alpha value is -1.64. The first-order valence-electron chi connectivity index (χ1n) is 16.0. The van der Waals surface area contributed by atoms with Gasteiger partial charge in [-0.05, 0) is 88.7 Å². The van der Waals surface area contributed by atoms with Crippen LogP contribution in [0.2, 0.25) is 0 Å². The van der Waals surface area contributed by atoms with Gasteiger partial charge in [0.25, 0.3) is 0 Å². The van der Waals surface area contributed by atoms with Crippen molar-refractivity contribution >= 4 is 0 Å². The van der Waals surface area contributed by atoms with Crippen molar-refractivity contribution in [2.45, 2.75) is 145 Å². The Kier molecular flexibility index (Phi) is 10.9. The van der Waals surface area contributed by atoms with Crippen molar-refractivity contribution in [3.05, 3.63) is 58.7 Å². The Morgan fingerprint density at radius 2 is 0.951 bits per heavy atom. The van der Waals surface area contributed by atoms with Gasteiger partial charge in [-0.1, -0.05) is 126 Å². The molecule has 232 valence electrons. The zero-order valence-electron chi connectivity index (χ0n) is 29.8. The topological polar surface area (TPSA) is 18.5 Å². The van der Waals surface area contributed by atoms with Gasteiger partial charge < -0.3 is 9.47 Å². The van der Waals surface area contributed by atoms with E-state index >= 15 is 0 Å². The molecule has 0 heterocycles. The first-order chi connectivity index (χ1) is 18.6. The van der Waals surface area contributed by atoms with Gasteiger partial charge in [0.05, 0.1) is 5.60 Å². The third-order valence-corrected chi connectivity index (χ3v) is 9.09. The standard InChI is InChI=1S/C36H56O2.C3H8/c1-31(2,3)25-15-17-27-28-18-16-26(32(4,5)6)24-30(28)36(29(27)23-25,34(10,11)19-21-37-14)35(12,13)20-22-38-33(7,8)9;1-3-2/h15-18,23-24H,19-22H2,1-14H3;3H2,1-2H3. The summed E-state index contributed by atoms with van der Waals surface area (Å²) in [5.74, 6) is 0. The summed E-state index contributed by atoms with van der Waals surface area (Å²) >= 11 is 0. The average Bonchev–Trinajstić information content (AvgIpc) is 3.12. The van der Waals surface area contributed by atoms with Crippen molar-refractivity contribution in [2.24, 2.45) is 10.8 Å². The van der Waals surface area contributed by atoms with E-state index in [1.54, 1.807) is 0 Å². The molecule has 0 unspecified atom stereocenters. The molecular weight excluding hydrogens is 500 g/mol. The Bertz CT molecular complexity index is 1080. The monoisotopic (exact) mass is 564 g/mol. The summed E-state index contributed by atoms with van der Waals surface area (Å²) in [6.45, 7) is 36.1. The van der Waals surface area contributed by atoms with E-state index in [9.17, 15) is 0 Å². The van der Waals surface area contributed by atoms with Crippen molar-refractivity contribution in [1.29, 1.82) is 0 Å². The molecule has 0 saturated heterocycles. The van der Waals surface area contributed by atoms with E-state index < -0.39 is 0 Å². The van der Waals surface area contributed by atoms with Gasteiger partial charge >= 0.3 is 0 Å². The Balaban J connectivity index is 0.00000187. The third-order valence-electron chi connectivity index (χ3n) is 9.09. The molecule has 1 aliphatic carbocycles. The van der Waals surface area contributed by atoms with E-state index in [0.29, 0.717) is 0 Å². The highest BCUT2D eigenvalue weighted by Gasteiger charge is 2.60. The molecule has 2 aromatic carbocycles. The lowest BCUT2D eigenvalue weighted by atomic mass is 9.47. The Labute approximate surface area is 255 Å². The quantitative estimate of drug-likeness (QED) is 0.317. The normalized spacial score (nSPS) is 15.2. The lowest BCUT2D eigenvalue weighted by Gasteiger charge is -2.56. The van der Waals surface area contributed by atoms with Gasteiger partial charge in [-0.15, -0.1) is 0 Å². The van der Waals surface area contributed by atoms with Crippen molar-refractivity contribution in [3.63, 3.8) is 0 Å². The van der Waals surface area contributed by atoms with Crippen LogP contribution in [0.15, 0.2) is 36.4 Å². The van der Waals surface area contributed by atoms with Crippen LogP contribution in [-0.2, 0) is 25.7 Å². The average molecular weight is 565 g/mol. The lowest BCUT2D eigenvalue weighted by Crippen LogP contribution is -2.53. The maximum atomic E-state index is 6.37. The van der Waals surface area contributed by atoms with Crippen molar-refractivity contribution in [3.8, 4) is 11.1 Å². The summed E-state index contributed by atoms with van der Waals surface area (Å²) in [4.78, 5) is 0. The smallest absolute Gasteiger partial charge is 0.0598 e. The molecule has 0 fully saturated rings. The largest absolute Gasteiger partial charge is 0.385 e.